The van der Waals surface area contributed by atoms with Gasteiger partial charge in [0.2, 0.25) is 0 Å². The normalized spacial score (nSPS) is 11.6. The van der Waals surface area contributed by atoms with Gasteiger partial charge in [0.15, 0.2) is 0 Å². The highest BCUT2D eigenvalue weighted by atomic mass is 16.5. The van der Waals surface area contributed by atoms with Gasteiger partial charge in [-0.2, -0.15) is 0 Å². The summed E-state index contributed by atoms with van der Waals surface area (Å²) in [5.74, 6) is -0.413. The fraction of sp³-hybridized carbons (Fsp3) is 0.286. The van der Waals surface area contributed by atoms with Crippen LogP contribution in [0.1, 0.15) is 38.8 Å². The number of rotatable bonds is 4. The predicted molar refractivity (Wildman–Crippen MR) is 104 cm³/mol. The molecule has 0 bridgehead atoms. The Hall–Kier alpha value is -3.15. The molecule has 27 heavy (non-hydrogen) atoms. The molecule has 3 rings (SSSR count). The molecule has 1 aromatic heterocycles. The largest absolute Gasteiger partial charge is 0.506 e. The van der Waals surface area contributed by atoms with E-state index >= 15 is 0 Å². The van der Waals surface area contributed by atoms with Crippen LogP contribution >= 0.6 is 0 Å². The average Bonchev–Trinajstić information content (AvgIpc) is 3.02. The minimum absolute atomic E-state index is 0.00713. The lowest BCUT2D eigenvalue weighted by Gasteiger charge is -2.18. The second-order valence-corrected chi connectivity index (χ2v) is 7.62. The Labute approximate surface area is 158 Å². The van der Waals surface area contributed by atoms with Crippen molar-refractivity contribution in [3.63, 3.8) is 0 Å². The summed E-state index contributed by atoms with van der Waals surface area (Å²) in [5, 5.41) is 19.2. The van der Waals surface area contributed by atoms with E-state index < -0.39 is 5.97 Å². The monoisotopic (exact) mass is 365 g/mol. The van der Waals surface area contributed by atoms with Crippen molar-refractivity contribution in [2.45, 2.75) is 39.7 Å². The number of ether oxygens (including phenoxy) is 1. The fourth-order valence-electron chi connectivity index (χ4n) is 2.58. The molecule has 0 radical (unpaired) electrons. The Bertz CT molecular complexity index is 1030. The Morgan fingerprint density at radius 1 is 1.15 bits per heavy atom. The van der Waals surface area contributed by atoms with Gasteiger partial charge < -0.3 is 9.84 Å². The van der Waals surface area contributed by atoms with E-state index in [0.29, 0.717) is 16.8 Å². The van der Waals surface area contributed by atoms with Gasteiger partial charge in [0.1, 0.15) is 29.1 Å². The fourth-order valence-corrected chi connectivity index (χ4v) is 2.58. The van der Waals surface area contributed by atoms with Crippen LogP contribution in [0.4, 0.5) is 0 Å². The van der Waals surface area contributed by atoms with Crippen molar-refractivity contribution in [1.82, 2.24) is 15.0 Å². The summed E-state index contributed by atoms with van der Waals surface area (Å²) >= 11 is 0. The molecule has 0 aliphatic heterocycles. The van der Waals surface area contributed by atoms with Crippen LogP contribution in [0.2, 0.25) is 0 Å². The van der Waals surface area contributed by atoms with Crippen LogP contribution in [-0.2, 0) is 21.6 Å². The topological polar surface area (TPSA) is 77.2 Å². The number of aromatic hydroxyl groups is 1. The van der Waals surface area contributed by atoms with E-state index in [2.05, 4.69) is 37.5 Å². The molecule has 140 valence electrons. The minimum atomic E-state index is -0.456. The van der Waals surface area contributed by atoms with Gasteiger partial charge in [-0.25, -0.2) is 4.79 Å². The van der Waals surface area contributed by atoms with Gasteiger partial charge in [-0.05, 0) is 47.7 Å². The zero-order chi connectivity index (χ0) is 19.8. The van der Waals surface area contributed by atoms with Crippen LogP contribution in [0.25, 0.3) is 16.7 Å². The summed E-state index contributed by atoms with van der Waals surface area (Å²) in [6.45, 7) is 11.6. The molecule has 1 N–H and O–H groups in total. The first kappa shape index (κ1) is 18.6. The van der Waals surface area contributed by atoms with Gasteiger partial charge in [0.05, 0.1) is 0 Å². The average molecular weight is 365 g/mol. The number of benzene rings is 2. The molecule has 1 heterocycles. The van der Waals surface area contributed by atoms with Gasteiger partial charge in [0, 0.05) is 5.57 Å². The van der Waals surface area contributed by atoms with E-state index in [-0.39, 0.29) is 17.8 Å². The van der Waals surface area contributed by atoms with Crippen molar-refractivity contribution in [2.75, 3.05) is 0 Å². The highest BCUT2D eigenvalue weighted by Crippen LogP contribution is 2.27. The number of phenols is 1. The molecule has 6 heteroatoms. The number of fused-ring (bicyclic) bond motifs is 1. The molecule has 2 aromatic carbocycles. The number of esters is 1. The zero-order valence-electron chi connectivity index (χ0n) is 16.0. The number of aromatic nitrogens is 3. The number of carbonyl (C=O) groups excluding carboxylic acids is 1. The summed E-state index contributed by atoms with van der Waals surface area (Å²) in [7, 11) is 0. The lowest BCUT2D eigenvalue weighted by Crippen LogP contribution is -2.10. The standard InChI is InChI=1S/C21H23N3O3/c1-13(2)20(26)27-12-14-6-9-19(25)18(10-14)24-22-16-8-7-15(21(3,4)5)11-17(16)23-24/h6-11,25H,1,12H2,2-5H3. The summed E-state index contributed by atoms with van der Waals surface area (Å²) in [5.41, 5.74) is 4.13. The van der Waals surface area contributed by atoms with Crippen LogP contribution in [0.3, 0.4) is 0 Å². The van der Waals surface area contributed by atoms with E-state index in [9.17, 15) is 9.90 Å². The molecule has 0 amide bonds. The number of hydrogen-bond acceptors (Lipinski definition) is 5. The molecule has 0 aliphatic rings. The Kier molecular flexibility index (Phi) is 4.74. The molecule has 6 nitrogen and oxygen atoms in total. The molecule has 0 aliphatic carbocycles. The molecule has 3 aromatic rings. The van der Waals surface area contributed by atoms with E-state index in [1.54, 1.807) is 19.1 Å². The maximum Gasteiger partial charge on any atom is 0.333 e. The lowest BCUT2D eigenvalue weighted by atomic mass is 9.87. The smallest absolute Gasteiger partial charge is 0.333 e. The first-order chi connectivity index (χ1) is 12.6. The van der Waals surface area contributed by atoms with Crippen molar-refractivity contribution in [2.24, 2.45) is 0 Å². The third-order valence-corrected chi connectivity index (χ3v) is 4.22. The first-order valence-corrected chi connectivity index (χ1v) is 8.67. The summed E-state index contributed by atoms with van der Waals surface area (Å²) in [6.07, 6.45) is 0. The maximum atomic E-state index is 11.6. The Balaban J connectivity index is 1.94. The Morgan fingerprint density at radius 2 is 1.85 bits per heavy atom. The van der Waals surface area contributed by atoms with Gasteiger partial charge in [-0.15, -0.1) is 15.0 Å². The summed E-state index contributed by atoms with van der Waals surface area (Å²) in [4.78, 5) is 13.0. The molecular weight excluding hydrogens is 342 g/mol. The molecule has 0 saturated carbocycles. The first-order valence-electron chi connectivity index (χ1n) is 8.67. The molecule has 0 atom stereocenters. The number of carbonyl (C=O) groups is 1. The second-order valence-electron chi connectivity index (χ2n) is 7.62. The van der Waals surface area contributed by atoms with Crippen molar-refractivity contribution < 1.29 is 14.6 Å². The van der Waals surface area contributed by atoms with E-state index in [4.69, 9.17) is 4.74 Å². The second kappa shape index (κ2) is 6.87. The molecule has 0 spiro atoms. The Morgan fingerprint density at radius 3 is 2.52 bits per heavy atom. The van der Waals surface area contributed by atoms with Crippen LogP contribution in [0.15, 0.2) is 48.6 Å². The van der Waals surface area contributed by atoms with Crippen LogP contribution in [0.5, 0.6) is 5.75 Å². The van der Waals surface area contributed by atoms with Gasteiger partial charge in [-0.3, -0.25) is 0 Å². The third kappa shape index (κ3) is 4.00. The minimum Gasteiger partial charge on any atom is -0.506 e. The molecule has 0 fully saturated rings. The number of nitrogens with zero attached hydrogens (tertiary/aromatic N) is 3. The van der Waals surface area contributed by atoms with Crippen molar-refractivity contribution in [1.29, 1.82) is 0 Å². The van der Waals surface area contributed by atoms with Gasteiger partial charge >= 0.3 is 5.97 Å². The van der Waals surface area contributed by atoms with Gasteiger partial charge in [-0.1, -0.05) is 39.5 Å². The molecular formula is C21H23N3O3. The van der Waals surface area contributed by atoms with Crippen LogP contribution in [-0.4, -0.2) is 26.1 Å². The molecule has 0 unspecified atom stereocenters. The number of phenolic OH excluding ortho intramolecular Hbond substituents is 1. The summed E-state index contributed by atoms with van der Waals surface area (Å²) in [6, 6.07) is 10.9. The van der Waals surface area contributed by atoms with E-state index in [0.717, 1.165) is 16.6 Å². The van der Waals surface area contributed by atoms with Crippen LogP contribution < -0.4 is 0 Å². The molecule has 0 saturated heterocycles. The summed E-state index contributed by atoms with van der Waals surface area (Å²) < 4.78 is 5.16. The maximum absolute atomic E-state index is 11.6. The van der Waals surface area contributed by atoms with Crippen LogP contribution in [0, 0.1) is 0 Å². The zero-order valence-corrected chi connectivity index (χ0v) is 16.0. The van der Waals surface area contributed by atoms with Crippen molar-refractivity contribution in [3.8, 4) is 11.4 Å². The third-order valence-electron chi connectivity index (χ3n) is 4.22. The lowest BCUT2D eigenvalue weighted by molar-refractivity contribution is -0.140. The van der Waals surface area contributed by atoms with Crippen molar-refractivity contribution >= 4 is 17.0 Å². The predicted octanol–water partition coefficient (Wildman–Crippen LogP) is 4.04. The number of hydrogen-bond donors (Lipinski definition) is 1. The van der Waals surface area contributed by atoms with Gasteiger partial charge in [0.25, 0.3) is 0 Å². The SMILES string of the molecule is C=C(C)C(=O)OCc1ccc(O)c(-n2nc3ccc(C(C)(C)C)cc3n2)c1. The van der Waals surface area contributed by atoms with Crippen molar-refractivity contribution in [3.05, 3.63) is 59.7 Å². The van der Waals surface area contributed by atoms with E-state index in [1.165, 1.54) is 10.9 Å². The quantitative estimate of drug-likeness (QED) is 0.558. The highest BCUT2D eigenvalue weighted by molar-refractivity contribution is 5.86. The van der Waals surface area contributed by atoms with E-state index in [1.807, 2.05) is 18.2 Å². The highest BCUT2D eigenvalue weighted by Gasteiger charge is 2.16.